The normalized spacial score (nSPS) is 21.1. The zero-order valence-corrected chi connectivity index (χ0v) is 23.0. The molecule has 1 aliphatic heterocycles. The standard InChI is InChI=1S/C24H28N2O16/c1-11(27)37-10-25-24(32)36-9-15-6-7-17(16(8-15)26(33)34)41-23-21(40-14(4)30)19(39-13(3)29)18(38-12(2)28)20(42-23)22(31)35-5/h6-8,18-21,23H,9-10H2,1-5H3,(H,25,32)/t18-,19-,20-,21+,23+/m0/s1. The monoisotopic (exact) mass is 600 g/mol. The summed E-state index contributed by atoms with van der Waals surface area (Å²) in [6, 6.07) is 3.39. The summed E-state index contributed by atoms with van der Waals surface area (Å²) in [6.07, 6.45) is -9.62. The van der Waals surface area contributed by atoms with Crippen LogP contribution in [0.2, 0.25) is 0 Å². The highest BCUT2D eigenvalue weighted by atomic mass is 16.7. The lowest BCUT2D eigenvalue weighted by molar-refractivity contribution is -0.387. The number of carbonyl (C=O) groups is 6. The molecule has 18 heteroatoms. The molecule has 0 saturated carbocycles. The van der Waals surface area contributed by atoms with Crippen molar-refractivity contribution in [2.24, 2.45) is 0 Å². The molecule has 5 atom stereocenters. The second-order valence-corrected chi connectivity index (χ2v) is 8.38. The molecule has 42 heavy (non-hydrogen) atoms. The molecular weight excluding hydrogens is 572 g/mol. The molecule has 230 valence electrons. The van der Waals surface area contributed by atoms with Gasteiger partial charge in [-0.25, -0.2) is 9.59 Å². The summed E-state index contributed by atoms with van der Waals surface area (Å²) in [4.78, 5) is 81.7. The van der Waals surface area contributed by atoms with E-state index >= 15 is 0 Å². The zero-order valence-electron chi connectivity index (χ0n) is 23.0. The number of hydrogen-bond acceptors (Lipinski definition) is 16. The first-order valence-corrected chi connectivity index (χ1v) is 12.0. The molecule has 18 nitrogen and oxygen atoms in total. The lowest BCUT2D eigenvalue weighted by Gasteiger charge is -2.42. The predicted molar refractivity (Wildman–Crippen MR) is 131 cm³/mol. The average molecular weight is 600 g/mol. The number of carbonyl (C=O) groups excluding carboxylic acids is 6. The average Bonchev–Trinajstić information content (AvgIpc) is 2.89. The molecule has 0 aromatic heterocycles. The van der Waals surface area contributed by atoms with Gasteiger partial charge < -0.3 is 37.9 Å². The molecule has 2 rings (SSSR count). The third-order valence-electron chi connectivity index (χ3n) is 5.16. The van der Waals surface area contributed by atoms with Crippen LogP contribution in [0.1, 0.15) is 33.3 Å². The number of nitrogens with one attached hydrogen (secondary N) is 1. The Hall–Kier alpha value is -5.00. The van der Waals surface area contributed by atoms with Gasteiger partial charge in [-0.15, -0.1) is 0 Å². The van der Waals surface area contributed by atoms with Crippen LogP contribution in [0.5, 0.6) is 5.75 Å². The van der Waals surface area contributed by atoms with Gasteiger partial charge in [-0.05, 0) is 11.6 Å². The van der Waals surface area contributed by atoms with E-state index in [1.165, 1.54) is 6.07 Å². The van der Waals surface area contributed by atoms with Gasteiger partial charge in [0.25, 0.3) is 0 Å². The molecule has 1 heterocycles. The van der Waals surface area contributed by atoms with Gasteiger partial charge in [-0.1, -0.05) is 6.07 Å². The van der Waals surface area contributed by atoms with Crippen LogP contribution in [0.4, 0.5) is 10.5 Å². The van der Waals surface area contributed by atoms with Crippen molar-refractivity contribution in [2.75, 3.05) is 13.8 Å². The summed E-state index contributed by atoms with van der Waals surface area (Å²) in [6.45, 7) is 3.23. The van der Waals surface area contributed by atoms with E-state index in [1.54, 1.807) is 0 Å². The van der Waals surface area contributed by atoms with Gasteiger partial charge in [0.1, 0.15) is 6.61 Å². The van der Waals surface area contributed by atoms with Crippen molar-refractivity contribution in [2.45, 2.75) is 65.0 Å². The summed E-state index contributed by atoms with van der Waals surface area (Å²) in [5.41, 5.74) is -0.528. The van der Waals surface area contributed by atoms with Gasteiger partial charge in [0, 0.05) is 33.8 Å². The fourth-order valence-corrected chi connectivity index (χ4v) is 3.59. The Kier molecular flexibility index (Phi) is 12.0. The van der Waals surface area contributed by atoms with Crippen molar-refractivity contribution < 1.29 is 71.6 Å². The molecule has 0 unspecified atom stereocenters. The number of esters is 5. The molecule has 0 aliphatic carbocycles. The molecule has 1 aromatic rings. The molecule has 1 aromatic carbocycles. The Bertz CT molecular complexity index is 1220. The van der Waals surface area contributed by atoms with Crippen LogP contribution in [-0.2, 0) is 63.7 Å². The third-order valence-corrected chi connectivity index (χ3v) is 5.16. The summed E-state index contributed by atoms with van der Waals surface area (Å²) < 4.78 is 41.0. The van der Waals surface area contributed by atoms with E-state index in [-0.39, 0.29) is 5.56 Å². The Morgan fingerprint density at radius 2 is 1.48 bits per heavy atom. The SMILES string of the molecule is COC(=O)[C@H]1O[C@@H](Oc2ccc(COC(=O)NCOC(C)=O)cc2[N+](=O)[O-])[C@H](OC(C)=O)[C@@H](OC(C)=O)[C@@H]1OC(C)=O. The summed E-state index contributed by atoms with van der Waals surface area (Å²) in [7, 11) is 0.994. The fraction of sp³-hybridized carbons (Fsp3) is 0.500. The Balaban J connectivity index is 2.40. The number of nitro benzene ring substituents is 1. The second-order valence-electron chi connectivity index (χ2n) is 8.38. The quantitative estimate of drug-likeness (QED) is 0.119. The van der Waals surface area contributed by atoms with E-state index in [0.29, 0.717) is 0 Å². The maximum absolute atomic E-state index is 12.5. The number of hydrogen-bond donors (Lipinski definition) is 1. The number of amides is 1. The van der Waals surface area contributed by atoms with Crippen molar-refractivity contribution in [3.05, 3.63) is 33.9 Å². The van der Waals surface area contributed by atoms with Crippen molar-refractivity contribution in [3.8, 4) is 5.75 Å². The van der Waals surface area contributed by atoms with Crippen molar-refractivity contribution in [1.82, 2.24) is 5.32 Å². The van der Waals surface area contributed by atoms with Crippen LogP contribution in [0, 0.1) is 10.1 Å². The molecule has 0 radical (unpaired) electrons. The molecule has 0 spiro atoms. The van der Waals surface area contributed by atoms with Crippen LogP contribution in [0.15, 0.2) is 18.2 Å². The smallest absolute Gasteiger partial charge is 0.410 e. The number of nitrogens with zero attached hydrogens (tertiary/aromatic N) is 1. The third kappa shape index (κ3) is 9.58. The lowest BCUT2D eigenvalue weighted by atomic mass is 9.97. The number of rotatable bonds is 11. The Labute approximate surface area is 237 Å². The topological polar surface area (TPSA) is 231 Å². The van der Waals surface area contributed by atoms with Gasteiger partial charge in [0.15, 0.2) is 30.8 Å². The summed E-state index contributed by atoms with van der Waals surface area (Å²) in [5, 5.41) is 14.0. The number of alkyl carbamates (subject to hydrolysis) is 1. The van der Waals surface area contributed by atoms with Crippen LogP contribution < -0.4 is 10.1 Å². The first-order chi connectivity index (χ1) is 19.7. The zero-order chi connectivity index (χ0) is 31.6. The highest BCUT2D eigenvalue weighted by Crippen LogP contribution is 2.35. The number of benzene rings is 1. The Morgan fingerprint density at radius 3 is 2.02 bits per heavy atom. The maximum atomic E-state index is 12.5. The highest BCUT2D eigenvalue weighted by Gasteiger charge is 2.56. The molecular formula is C24H28N2O16. The maximum Gasteiger partial charge on any atom is 0.410 e. The predicted octanol–water partition coefficient (Wildman–Crippen LogP) is 0.413. The summed E-state index contributed by atoms with van der Waals surface area (Å²) >= 11 is 0. The second kappa shape index (κ2) is 15.1. The van der Waals surface area contributed by atoms with Gasteiger partial charge in [0.05, 0.1) is 12.0 Å². The minimum absolute atomic E-state index is 0.137. The first-order valence-electron chi connectivity index (χ1n) is 12.0. The fourth-order valence-electron chi connectivity index (χ4n) is 3.59. The highest BCUT2D eigenvalue weighted by molar-refractivity contribution is 5.77. The number of ether oxygens (including phenoxy) is 8. The van der Waals surface area contributed by atoms with Gasteiger partial charge >= 0.3 is 41.6 Å². The van der Waals surface area contributed by atoms with E-state index in [1.807, 2.05) is 0 Å². The van der Waals surface area contributed by atoms with Crippen molar-refractivity contribution in [3.63, 3.8) is 0 Å². The molecule has 1 N–H and O–H groups in total. The van der Waals surface area contributed by atoms with Crippen LogP contribution in [0.25, 0.3) is 0 Å². The molecule has 1 aliphatic rings. The van der Waals surface area contributed by atoms with E-state index in [0.717, 1.165) is 46.9 Å². The van der Waals surface area contributed by atoms with E-state index in [9.17, 15) is 38.9 Å². The van der Waals surface area contributed by atoms with Gasteiger partial charge in [-0.3, -0.25) is 34.6 Å². The van der Waals surface area contributed by atoms with Crippen LogP contribution >= 0.6 is 0 Å². The Morgan fingerprint density at radius 1 is 0.881 bits per heavy atom. The molecule has 1 fully saturated rings. The number of methoxy groups -OCH3 is 1. The van der Waals surface area contributed by atoms with Crippen molar-refractivity contribution >= 4 is 41.6 Å². The van der Waals surface area contributed by atoms with E-state index in [4.69, 9.17) is 33.2 Å². The first kappa shape index (κ1) is 33.2. The van der Waals surface area contributed by atoms with E-state index < -0.39 is 96.3 Å². The van der Waals surface area contributed by atoms with Gasteiger partial charge in [0.2, 0.25) is 12.4 Å². The van der Waals surface area contributed by atoms with E-state index in [2.05, 4.69) is 10.1 Å². The minimum atomic E-state index is -1.83. The minimum Gasteiger partial charge on any atom is -0.467 e. The molecule has 0 bridgehead atoms. The van der Waals surface area contributed by atoms with Crippen LogP contribution in [0.3, 0.4) is 0 Å². The molecule has 1 saturated heterocycles. The lowest BCUT2D eigenvalue weighted by Crippen LogP contribution is -2.64. The molecule has 1 amide bonds. The largest absolute Gasteiger partial charge is 0.467 e. The van der Waals surface area contributed by atoms with Gasteiger partial charge in [-0.2, -0.15) is 0 Å². The number of nitro groups is 1. The van der Waals surface area contributed by atoms with Crippen LogP contribution in [-0.4, -0.2) is 85.4 Å². The summed E-state index contributed by atoms with van der Waals surface area (Å²) in [5.74, 6) is -4.96. The van der Waals surface area contributed by atoms with Crippen molar-refractivity contribution in [1.29, 1.82) is 0 Å².